The highest BCUT2D eigenvalue weighted by molar-refractivity contribution is 5.90. The fourth-order valence-corrected chi connectivity index (χ4v) is 2.60. The van der Waals surface area contributed by atoms with E-state index in [0.29, 0.717) is 18.7 Å². The van der Waals surface area contributed by atoms with Gasteiger partial charge in [-0.1, -0.05) is 12.5 Å². The Hall–Kier alpha value is -1.46. The zero-order valence-electron chi connectivity index (χ0n) is 11.5. The molecule has 1 aromatic rings. The molecule has 1 aromatic carbocycles. The largest absolute Gasteiger partial charge is 0.395 e. The number of nitrogens with one attached hydrogen (secondary N) is 1. The third-order valence-electron chi connectivity index (χ3n) is 3.69. The number of aliphatic hydroxyl groups excluding tert-OH is 1. The first-order valence-corrected chi connectivity index (χ1v) is 7.09. The van der Waals surface area contributed by atoms with Crippen LogP contribution >= 0.6 is 0 Å². The summed E-state index contributed by atoms with van der Waals surface area (Å²) in [7, 11) is 0. The molecule has 4 nitrogen and oxygen atoms in total. The minimum atomic E-state index is -0.362. The van der Waals surface area contributed by atoms with Crippen LogP contribution in [0.1, 0.15) is 25.7 Å². The van der Waals surface area contributed by atoms with Crippen molar-refractivity contribution < 1.29 is 14.3 Å². The van der Waals surface area contributed by atoms with Gasteiger partial charge in [0.1, 0.15) is 5.82 Å². The third-order valence-corrected chi connectivity index (χ3v) is 3.69. The number of rotatable bonds is 5. The van der Waals surface area contributed by atoms with Crippen LogP contribution in [0.5, 0.6) is 0 Å². The summed E-state index contributed by atoms with van der Waals surface area (Å²) in [5.41, 5.74) is 0.479. The van der Waals surface area contributed by atoms with E-state index in [1.165, 1.54) is 12.1 Å². The van der Waals surface area contributed by atoms with Crippen LogP contribution in [0, 0.1) is 5.82 Å². The lowest BCUT2D eigenvalue weighted by atomic mass is 10.0. The molecule has 0 bridgehead atoms. The number of hydrogen-bond acceptors (Lipinski definition) is 3. The molecule has 1 aliphatic heterocycles. The third kappa shape index (κ3) is 4.28. The first-order chi connectivity index (χ1) is 9.69. The summed E-state index contributed by atoms with van der Waals surface area (Å²) < 4.78 is 13.0. The maximum atomic E-state index is 13.0. The van der Waals surface area contributed by atoms with Crippen molar-refractivity contribution >= 4 is 11.6 Å². The Morgan fingerprint density at radius 2 is 2.30 bits per heavy atom. The van der Waals surface area contributed by atoms with Crippen molar-refractivity contribution in [3.8, 4) is 0 Å². The molecule has 1 atom stereocenters. The van der Waals surface area contributed by atoms with Gasteiger partial charge in [-0.15, -0.1) is 0 Å². The number of hydrogen-bond donors (Lipinski definition) is 2. The van der Waals surface area contributed by atoms with Crippen molar-refractivity contribution in [2.24, 2.45) is 0 Å². The topological polar surface area (TPSA) is 52.6 Å². The van der Waals surface area contributed by atoms with Gasteiger partial charge in [0.2, 0.25) is 5.91 Å². The van der Waals surface area contributed by atoms with Crippen molar-refractivity contribution in [2.75, 3.05) is 25.0 Å². The van der Waals surface area contributed by atoms with E-state index in [1.807, 2.05) is 0 Å². The molecule has 5 heteroatoms. The Bertz CT molecular complexity index is 453. The summed E-state index contributed by atoms with van der Waals surface area (Å²) in [4.78, 5) is 14.0. The minimum absolute atomic E-state index is 0.127. The lowest BCUT2D eigenvalue weighted by molar-refractivity contribution is -0.116. The highest BCUT2D eigenvalue weighted by Gasteiger charge is 2.21. The highest BCUT2D eigenvalue weighted by Crippen LogP contribution is 2.17. The SMILES string of the molecule is O=C(CCN1CCCCC1CO)Nc1cccc(F)c1. The van der Waals surface area contributed by atoms with Gasteiger partial charge in [0, 0.05) is 24.7 Å². The number of benzene rings is 1. The maximum absolute atomic E-state index is 13.0. The van der Waals surface area contributed by atoms with Crippen LogP contribution in [0.2, 0.25) is 0 Å². The first-order valence-electron chi connectivity index (χ1n) is 7.09. The molecule has 0 radical (unpaired) electrons. The van der Waals surface area contributed by atoms with E-state index in [4.69, 9.17) is 0 Å². The van der Waals surface area contributed by atoms with Gasteiger partial charge in [-0.05, 0) is 37.6 Å². The van der Waals surface area contributed by atoms with Crippen LogP contribution in [0.4, 0.5) is 10.1 Å². The molecule has 0 spiro atoms. The van der Waals surface area contributed by atoms with E-state index in [1.54, 1.807) is 12.1 Å². The molecule has 1 saturated heterocycles. The van der Waals surface area contributed by atoms with Crippen molar-refractivity contribution in [1.82, 2.24) is 4.90 Å². The molecule has 1 aliphatic rings. The Labute approximate surface area is 118 Å². The molecule has 2 rings (SSSR count). The Kier molecular flexibility index (Phi) is 5.49. The van der Waals surface area contributed by atoms with Crippen LogP contribution in [0.3, 0.4) is 0 Å². The van der Waals surface area contributed by atoms with Gasteiger partial charge in [0.05, 0.1) is 6.61 Å². The molecule has 20 heavy (non-hydrogen) atoms. The molecule has 0 saturated carbocycles. The molecule has 0 aromatic heterocycles. The summed E-state index contributed by atoms with van der Waals surface area (Å²) in [6, 6.07) is 6.05. The number of carbonyl (C=O) groups excluding carboxylic acids is 1. The Morgan fingerprint density at radius 3 is 3.05 bits per heavy atom. The van der Waals surface area contributed by atoms with Crippen molar-refractivity contribution in [2.45, 2.75) is 31.7 Å². The number of anilines is 1. The van der Waals surface area contributed by atoms with Gasteiger partial charge in [-0.3, -0.25) is 9.69 Å². The number of carbonyl (C=O) groups is 1. The van der Waals surface area contributed by atoms with Crippen molar-refractivity contribution in [3.63, 3.8) is 0 Å². The van der Waals surface area contributed by atoms with Gasteiger partial charge in [0.15, 0.2) is 0 Å². The molecule has 2 N–H and O–H groups in total. The molecule has 1 fully saturated rings. The number of aliphatic hydroxyl groups is 1. The van der Waals surface area contributed by atoms with Gasteiger partial charge < -0.3 is 10.4 Å². The standard InChI is InChI=1S/C15H21FN2O2/c16-12-4-3-5-13(10-12)17-15(20)7-9-18-8-2-1-6-14(18)11-19/h3-5,10,14,19H,1-2,6-9,11H2,(H,17,20). The summed E-state index contributed by atoms with van der Waals surface area (Å²) in [5.74, 6) is -0.489. The predicted octanol–water partition coefficient (Wildman–Crippen LogP) is 2.00. The lowest BCUT2D eigenvalue weighted by Gasteiger charge is -2.34. The number of likely N-dealkylation sites (tertiary alicyclic amines) is 1. The summed E-state index contributed by atoms with van der Waals surface area (Å²) in [6.07, 6.45) is 3.59. The van der Waals surface area contributed by atoms with E-state index >= 15 is 0 Å². The molecule has 1 amide bonds. The second-order valence-electron chi connectivity index (χ2n) is 5.18. The van der Waals surface area contributed by atoms with Crippen molar-refractivity contribution in [1.29, 1.82) is 0 Å². The predicted molar refractivity (Wildman–Crippen MR) is 75.9 cm³/mol. The van der Waals surface area contributed by atoms with Gasteiger partial charge in [-0.25, -0.2) is 4.39 Å². The number of amides is 1. The van der Waals surface area contributed by atoms with Gasteiger partial charge >= 0.3 is 0 Å². The smallest absolute Gasteiger partial charge is 0.225 e. The molecule has 110 valence electrons. The Morgan fingerprint density at radius 1 is 1.45 bits per heavy atom. The normalized spacial score (nSPS) is 19.8. The maximum Gasteiger partial charge on any atom is 0.225 e. The molecular weight excluding hydrogens is 259 g/mol. The van der Waals surface area contributed by atoms with Gasteiger partial charge in [0.25, 0.3) is 0 Å². The first kappa shape index (κ1) is 14.9. The fraction of sp³-hybridized carbons (Fsp3) is 0.533. The fourth-order valence-electron chi connectivity index (χ4n) is 2.60. The van der Waals surface area contributed by atoms with Crippen LogP contribution in [0.25, 0.3) is 0 Å². The average molecular weight is 280 g/mol. The van der Waals surface area contributed by atoms with E-state index in [9.17, 15) is 14.3 Å². The second-order valence-corrected chi connectivity index (χ2v) is 5.18. The van der Waals surface area contributed by atoms with E-state index in [0.717, 1.165) is 25.8 Å². The second kappa shape index (κ2) is 7.36. The summed E-state index contributed by atoms with van der Waals surface area (Å²) >= 11 is 0. The average Bonchev–Trinajstić information content (AvgIpc) is 2.45. The monoisotopic (exact) mass is 280 g/mol. The zero-order chi connectivity index (χ0) is 14.4. The van der Waals surface area contributed by atoms with E-state index in [-0.39, 0.29) is 24.4 Å². The number of halogens is 1. The van der Waals surface area contributed by atoms with Crippen LogP contribution in [-0.4, -0.2) is 41.7 Å². The molecule has 0 aliphatic carbocycles. The van der Waals surface area contributed by atoms with E-state index < -0.39 is 0 Å². The highest BCUT2D eigenvalue weighted by atomic mass is 19.1. The number of piperidine rings is 1. The number of nitrogens with zero attached hydrogens (tertiary/aromatic N) is 1. The minimum Gasteiger partial charge on any atom is -0.395 e. The van der Waals surface area contributed by atoms with Gasteiger partial charge in [-0.2, -0.15) is 0 Å². The summed E-state index contributed by atoms with van der Waals surface area (Å²) in [6.45, 7) is 1.70. The molecule has 1 unspecified atom stereocenters. The van der Waals surface area contributed by atoms with Crippen molar-refractivity contribution in [3.05, 3.63) is 30.1 Å². The van der Waals surface area contributed by atoms with Crippen LogP contribution < -0.4 is 5.32 Å². The zero-order valence-corrected chi connectivity index (χ0v) is 11.5. The van der Waals surface area contributed by atoms with E-state index in [2.05, 4.69) is 10.2 Å². The molecular formula is C15H21FN2O2. The quantitative estimate of drug-likeness (QED) is 0.867. The van der Waals surface area contributed by atoms with Crippen LogP contribution in [-0.2, 0) is 4.79 Å². The Balaban J connectivity index is 1.79. The lowest BCUT2D eigenvalue weighted by Crippen LogP contribution is -2.43. The summed E-state index contributed by atoms with van der Waals surface area (Å²) in [5, 5.41) is 12.0. The van der Waals surface area contributed by atoms with Crippen LogP contribution in [0.15, 0.2) is 24.3 Å². The molecule has 1 heterocycles.